The number of nitrogen functional groups attached to an aromatic ring is 1. The number of halogens is 1. The fourth-order valence-corrected chi connectivity index (χ4v) is 5.61. The molecule has 3 aliphatic rings. The summed E-state index contributed by atoms with van der Waals surface area (Å²) in [5, 5.41) is 8.01. The maximum absolute atomic E-state index is 14.4. The molecule has 15 heteroatoms. The maximum Gasteiger partial charge on any atom is 0.264 e. The Labute approximate surface area is 257 Å². The average molecular weight is 625 g/mol. The van der Waals surface area contributed by atoms with Crippen LogP contribution in [-0.4, -0.2) is 97.3 Å². The Bertz CT molecular complexity index is 1560. The number of imide groups is 2. The van der Waals surface area contributed by atoms with Gasteiger partial charge >= 0.3 is 0 Å². The van der Waals surface area contributed by atoms with Crippen LogP contribution in [0.25, 0.3) is 0 Å². The fraction of sp³-hybridized carbons (Fsp3) is 0.400. The standard InChI is InChI=1S/C30H33FN6O8/c1-44-17-13-19(26(31)20(32)14-17)27(40)34-16-7-10-36(11-8-16)24(39)15-45-12-9-33-21-4-2-3-18-25(21)30(43)37(29(18)42)22-5-6-23(38)35-28(22)41/h2-4,13-14,16,22,33H,5-12,15,32H2,1H3,(H,34,40)(H,35,38,41). The number of hydrogen-bond acceptors (Lipinski definition) is 10. The lowest BCUT2D eigenvalue weighted by molar-refractivity contribution is -0.137. The molecule has 0 saturated carbocycles. The van der Waals surface area contributed by atoms with Crippen molar-refractivity contribution in [3.8, 4) is 5.75 Å². The lowest BCUT2D eigenvalue weighted by atomic mass is 10.0. The van der Waals surface area contributed by atoms with Gasteiger partial charge in [0.05, 0.1) is 36.1 Å². The first-order chi connectivity index (χ1) is 21.6. The minimum Gasteiger partial charge on any atom is -0.497 e. The number of nitrogens with one attached hydrogen (secondary N) is 3. The molecule has 2 fully saturated rings. The molecule has 3 aliphatic heterocycles. The van der Waals surface area contributed by atoms with Gasteiger partial charge in [-0.25, -0.2) is 4.39 Å². The number of carbonyl (C=O) groups is 6. The Morgan fingerprint density at radius 2 is 1.84 bits per heavy atom. The molecule has 3 heterocycles. The SMILES string of the molecule is COc1cc(N)c(F)c(C(=O)NC2CCN(C(=O)COCCNc3cccc4c3C(=O)N(C3CCC(=O)NC3=O)C4=O)CC2)c1. The van der Waals surface area contributed by atoms with Crippen LogP contribution >= 0.6 is 0 Å². The van der Waals surface area contributed by atoms with E-state index in [1.165, 1.54) is 25.3 Å². The van der Waals surface area contributed by atoms with E-state index in [2.05, 4.69) is 16.0 Å². The van der Waals surface area contributed by atoms with Crippen LogP contribution in [0.1, 0.15) is 56.8 Å². The number of carbonyl (C=O) groups excluding carboxylic acids is 6. The van der Waals surface area contributed by atoms with Crippen LogP contribution in [0, 0.1) is 5.82 Å². The third kappa shape index (κ3) is 6.57. The van der Waals surface area contributed by atoms with Crippen molar-refractivity contribution in [2.75, 3.05) is 51.0 Å². The molecule has 5 N–H and O–H groups in total. The van der Waals surface area contributed by atoms with Crippen molar-refractivity contribution in [1.82, 2.24) is 20.4 Å². The van der Waals surface area contributed by atoms with Crippen molar-refractivity contribution in [2.24, 2.45) is 0 Å². The number of amides is 6. The second-order valence-corrected chi connectivity index (χ2v) is 10.9. The minimum absolute atomic E-state index is 0.0287. The van der Waals surface area contributed by atoms with Gasteiger partial charge in [0.1, 0.15) is 18.4 Å². The van der Waals surface area contributed by atoms with Crippen LogP contribution < -0.4 is 26.4 Å². The van der Waals surface area contributed by atoms with E-state index in [-0.39, 0.29) is 72.7 Å². The Balaban J connectivity index is 1.06. The fourth-order valence-electron chi connectivity index (χ4n) is 5.61. The van der Waals surface area contributed by atoms with Gasteiger partial charge < -0.3 is 30.7 Å². The van der Waals surface area contributed by atoms with Crippen LogP contribution in [0.4, 0.5) is 15.8 Å². The van der Waals surface area contributed by atoms with Crippen molar-refractivity contribution in [3.05, 3.63) is 52.8 Å². The zero-order valence-corrected chi connectivity index (χ0v) is 24.5. The molecule has 0 aromatic heterocycles. The molecule has 0 radical (unpaired) electrons. The zero-order chi connectivity index (χ0) is 32.2. The number of rotatable bonds is 10. The third-order valence-corrected chi connectivity index (χ3v) is 7.99. The van der Waals surface area contributed by atoms with Gasteiger partial charge in [-0.15, -0.1) is 0 Å². The van der Waals surface area contributed by atoms with E-state index in [1.54, 1.807) is 17.0 Å². The summed E-state index contributed by atoms with van der Waals surface area (Å²) in [6, 6.07) is 6.00. The van der Waals surface area contributed by atoms with E-state index in [0.717, 1.165) is 4.90 Å². The topological polar surface area (TPSA) is 189 Å². The van der Waals surface area contributed by atoms with E-state index in [4.69, 9.17) is 15.2 Å². The Morgan fingerprint density at radius 3 is 2.56 bits per heavy atom. The second-order valence-electron chi connectivity index (χ2n) is 10.9. The number of hydrogen-bond donors (Lipinski definition) is 4. The highest BCUT2D eigenvalue weighted by atomic mass is 19.1. The first kappa shape index (κ1) is 31.4. The van der Waals surface area contributed by atoms with E-state index < -0.39 is 41.4 Å². The predicted molar refractivity (Wildman–Crippen MR) is 157 cm³/mol. The highest BCUT2D eigenvalue weighted by molar-refractivity contribution is 6.25. The molecule has 14 nitrogen and oxygen atoms in total. The predicted octanol–water partition coefficient (Wildman–Crippen LogP) is 0.667. The molecule has 0 aliphatic carbocycles. The Morgan fingerprint density at radius 1 is 1.09 bits per heavy atom. The van der Waals surface area contributed by atoms with Gasteiger partial charge in [-0.05, 0) is 37.5 Å². The number of nitrogens with two attached hydrogens (primary N) is 1. The second kappa shape index (κ2) is 13.3. The summed E-state index contributed by atoms with van der Waals surface area (Å²) in [6.45, 7) is 0.925. The van der Waals surface area contributed by atoms with Crippen LogP contribution in [0.5, 0.6) is 5.75 Å². The van der Waals surface area contributed by atoms with Crippen LogP contribution in [0.3, 0.4) is 0 Å². The van der Waals surface area contributed by atoms with Gasteiger partial charge in [0.15, 0.2) is 5.82 Å². The molecule has 6 amide bonds. The van der Waals surface area contributed by atoms with Crippen LogP contribution in [0.15, 0.2) is 30.3 Å². The Kier molecular flexibility index (Phi) is 9.27. The normalized spacial score (nSPS) is 18.5. The van der Waals surface area contributed by atoms with E-state index in [0.29, 0.717) is 31.6 Å². The number of anilines is 2. The zero-order valence-electron chi connectivity index (χ0n) is 24.5. The molecule has 2 aromatic carbocycles. The number of methoxy groups -OCH3 is 1. The number of piperidine rings is 2. The number of ether oxygens (including phenoxy) is 2. The van der Waals surface area contributed by atoms with Crippen molar-refractivity contribution >= 4 is 46.8 Å². The molecular formula is C30H33FN6O8. The first-order valence-corrected chi connectivity index (χ1v) is 14.5. The summed E-state index contributed by atoms with van der Waals surface area (Å²) < 4.78 is 25.0. The highest BCUT2D eigenvalue weighted by Crippen LogP contribution is 2.32. The molecular weight excluding hydrogens is 591 g/mol. The molecule has 5 rings (SSSR count). The monoisotopic (exact) mass is 624 g/mol. The summed E-state index contributed by atoms with van der Waals surface area (Å²) in [5.41, 5.74) is 5.91. The molecule has 1 unspecified atom stereocenters. The lowest BCUT2D eigenvalue weighted by Gasteiger charge is -2.32. The molecule has 0 spiro atoms. The number of fused-ring (bicyclic) bond motifs is 1. The molecule has 2 aromatic rings. The third-order valence-electron chi connectivity index (χ3n) is 7.99. The minimum atomic E-state index is -1.06. The molecule has 45 heavy (non-hydrogen) atoms. The van der Waals surface area contributed by atoms with Crippen molar-refractivity contribution in [2.45, 2.75) is 37.8 Å². The van der Waals surface area contributed by atoms with Gasteiger partial charge in [0, 0.05) is 43.9 Å². The van der Waals surface area contributed by atoms with Crippen molar-refractivity contribution < 1.29 is 42.6 Å². The van der Waals surface area contributed by atoms with Gasteiger partial charge in [0.2, 0.25) is 17.7 Å². The average Bonchev–Trinajstić information content (AvgIpc) is 3.28. The van der Waals surface area contributed by atoms with Gasteiger partial charge in [-0.2, -0.15) is 0 Å². The molecule has 0 bridgehead atoms. The highest BCUT2D eigenvalue weighted by Gasteiger charge is 2.45. The smallest absolute Gasteiger partial charge is 0.264 e. The summed E-state index contributed by atoms with van der Waals surface area (Å²) in [5.74, 6) is -3.75. The first-order valence-electron chi connectivity index (χ1n) is 14.5. The number of nitrogens with zero attached hydrogens (tertiary/aromatic N) is 2. The lowest BCUT2D eigenvalue weighted by Crippen LogP contribution is -2.54. The molecule has 238 valence electrons. The van der Waals surface area contributed by atoms with Crippen molar-refractivity contribution in [3.63, 3.8) is 0 Å². The largest absolute Gasteiger partial charge is 0.497 e. The maximum atomic E-state index is 14.4. The quantitative estimate of drug-likeness (QED) is 0.166. The van der Waals surface area contributed by atoms with Crippen molar-refractivity contribution in [1.29, 1.82) is 0 Å². The van der Waals surface area contributed by atoms with Crippen LogP contribution in [0.2, 0.25) is 0 Å². The summed E-state index contributed by atoms with van der Waals surface area (Å²) in [6.07, 6.45) is 1.04. The van der Waals surface area contributed by atoms with Gasteiger partial charge in [-0.3, -0.25) is 39.0 Å². The molecule has 1 atom stereocenters. The van der Waals surface area contributed by atoms with E-state index in [1.807, 2.05) is 0 Å². The number of benzene rings is 2. The van der Waals surface area contributed by atoms with Gasteiger partial charge in [0.25, 0.3) is 17.7 Å². The number of likely N-dealkylation sites (tertiary alicyclic amines) is 1. The summed E-state index contributed by atoms with van der Waals surface area (Å²) in [7, 11) is 1.39. The molecule has 2 saturated heterocycles. The van der Waals surface area contributed by atoms with E-state index >= 15 is 0 Å². The van der Waals surface area contributed by atoms with E-state index in [9.17, 15) is 33.2 Å². The summed E-state index contributed by atoms with van der Waals surface area (Å²) >= 11 is 0. The van der Waals surface area contributed by atoms with Gasteiger partial charge in [-0.1, -0.05) is 6.07 Å². The Hall–Kier alpha value is -5.05. The summed E-state index contributed by atoms with van der Waals surface area (Å²) in [4.78, 5) is 77.8. The van der Waals surface area contributed by atoms with Crippen LogP contribution in [-0.2, 0) is 19.1 Å².